The van der Waals surface area contributed by atoms with E-state index in [2.05, 4.69) is 15.2 Å². The smallest absolute Gasteiger partial charge is 0.273 e. The van der Waals surface area contributed by atoms with Crippen LogP contribution in [-0.2, 0) is 15.6 Å². The summed E-state index contributed by atoms with van der Waals surface area (Å²) in [6, 6.07) is 3.47. The molecule has 0 spiro atoms. The molecule has 8 heteroatoms. The average molecular weight is 281 g/mol. The van der Waals surface area contributed by atoms with Crippen LogP contribution < -0.4 is 5.14 Å². The molecule has 0 unspecified atom stereocenters. The molecule has 19 heavy (non-hydrogen) atoms. The van der Waals surface area contributed by atoms with Crippen molar-refractivity contribution in [1.82, 2.24) is 19.7 Å². The SMILES string of the molecule is CC(C)(C)n1c(-c2ccncc2)nnc1S(N)(=O)=O. The Kier molecular flexibility index (Phi) is 3.15. The van der Waals surface area contributed by atoms with Crippen LogP contribution in [0.5, 0.6) is 0 Å². The lowest BCUT2D eigenvalue weighted by molar-refractivity contribution is 0.366. The normalized spacial score (nSPS) is 12.6. The van der Waals surface area contributed by atoms with Gasteiger partial charge in [0.1, 0.15) is 0 Å². The summed E-state index contributed by atoms with van der Waals surface area (Å²) < 4.78 is 24.7. The van der Waals surface area contributed by atoms with E-state index in [0.29, 0.717) is 5.82 Å². The maximum atomic E-state index is 11.6. The third-order valence-electron chi connectivity index (χ3n) is 2.50. The number of nitrogens with two attached hydrogens (primary N) is 1. The fourth-order valence-corrected chi connectivity index (χ4v) is 2.52. The van der Waals surface area contributed by atoms with Gasteiger partial charge in [-0.1, -0.05) is 0 Å². The Morgan fingerprint density at radius 1 is 1.16 bits per heavy atom. The van der Waals surface area contributed by atoms with Crippen molar-refractivity contribution in [3.63, 3.8) is 0 Å². The summed E-state index contributed by atoms with van der Waals surface area (Å²) in [5.41, 5.74) is 0.205. The van der Waals surface area contributed by atoms with Crippen molar-refractivity contribution in [2.24, 2.45) is 5.14 Å². The van der Waals surface area contributed by atoms with Gasteiger partial charge >= 0.3 is 0 Å². The summed E-state index contributed by atoms with van der Waals surface area (Å²) in [5.74, 6) is 0.443. The summed E-state index contributed by atoms with van der Waals surface area (Å²) >= 11 is 0. The molecule has 102 valence electrons. The van der Waals surface area contributed by atoms with Crippen LogP contribution in [0, 0.1) is 0 Å². The molecule has 7 nitrogen and oxygen atoms in total. The van der Waals surface area contributed by atoms with E-state index in [9.17, 15) is 8.42 Å². The first-order valence-corrected chi connectivity index (χ1v) is 7.15. The van der Waals surface area contributed by atoms with Crippen LogP contribution in [-0.4, -0.2) is 28.2 Å². The highest BCUT2D eigenvalue weighted by molar-refractivity contribution is 7.89. The van der Waals surface area contributed by atoms with E-state index in [4.69, 9.17) is 5.14 Å². The van der Waals surface area contributed by atoms with Crippen molar-refractivity contribution in [3.05, 3.63) is 24.5 Å². The summed E-state index contributed by atoms with van der Waals surface area (Å²) in [7, 11) is -3.93. The minimum atomic E-state index is -3.93. The van der Waals surface area contributed by atoms with Gasteiger partial charge < -0.3 is 0 Å². The third kappa shape index (κ3) is 2.64. The number of hydrogen-bond donors (Lipinski definition) is 1. The zero-order chi connectivity index (χ0) is 14.3. The van der Waals surface area contributed by atoms with Crippen LogP contribution in [0.3, 0.4) is 0 Å². The lowest BCUT2D eigenvalue weighted by Gasteiger charge is -2.24. The minimum absolute atomic E-state index is 0.244. The fourth-order valence-electron chi connectivity index (χ4n) is 1.75. The number of sulfonamides is 1. The van der Waals surface area contributed by atoms with Crippen LogP contribution in [0.1, 0.15) is 20.8 Å². The fraction of sp³-hybridized carbons (Fsp3) is 0.364. The highest BCUT2D eigenvalue weighted by atomic mass is 32.2. The summed E-state index contributed by atoms with van der Waals surface area (Å²) in [4.78, 5) is 3.92. The molecule has 0 aromatic carbocycles. The Bertz CT molecular complexity index is 686. The molecule has 2 N–H and O–H groups in total. The Morgan fingerprint density at radius 3 is 2.21 bits per heavy atom. The quantitative estimate of drug-likeness (QED) is 0.874. The molecule has 2 rings (SSSR count). The van der Waals surface area contributed by atoms with Crippen molar-refractivity contribution in [3.8, 4) is 11.4 Å². The zero-order valence-electron chi connectivity index (χ0n) is 10.9. The van der Waals surface area contributed by atoms with Gasteiger partial charge in [-0.15, -0.1) is 10.2 Å². The molecule has 2 heterocycles. The Morgan fingerprint density at radius 2 is 1.74 bits per heavy atom. The van der Waals surface area contributed by atoms with Gasteiger partial charge in [-0.2, -0.15) is 0 Å². The molecule has 0 aliphatic rings. The molecule has 0 atom stereocenters. The minimum Gasteiger partial charge on any atom is -0.291 e. The zero-order valence-corrected chi connectivity index (χ0v) is 11.7. The van der Waals surface area contributed by atoms with Crippen molar-refractivity contribution in [2.45, 2.75) is 31.5 Å². The van der Waals surface area contributed by atoms with Crippen LogP contribution in [0.4, 0.5) is 0 Å². The lowest BCUT2D eigenvalue weighted by atomic mass is 10.1. The molecule has 0 fully saturated rings. The van der Waals surface area contributed by atoms with Crippen LogP contribution >= 0.6 is 0 Å². The average Bonchev–Trinajstić information content (AvgIpc) is 2.74. The first-order valence-electron chi connectivity index (χ1n) is 5.60. The lowest BCUT2D eigenvalue weighted by Crippen LogP contribution is -2.29. The molecule has 2 aromatic heterocycles. The number of aromatic nitrogens is 4. The Hall–Kier alpha value is -1.80. The first-order chi connectivity index (χ1) is 8.71. The highest BCUT2D eigenvalue weighted by Crippen LogP contribution is 2.27. The van der Waals surface area contributed by atoms with Crippen molar-refractivity contribution in [1.29, 1.82) is 0 Å². The van der Waals surface area contributed by atoms with Gasteiger partial charge in [-0.3, -0.25) is 9.55 Å². The number of nitrogens with zero attached hydrogens (tertiary/aromatic N) is 4. The van der Waals surface area contributed by atoms with Crippen LogP contribution in [0.25, 0.3) is 11.4 Å². The van der Waals surface area contributed by atoms with Gasteiger partial charge in [-0.05, 0) is 32.9 Å². The maximum Gasteiger partial charge on any atom is 0.273 e. The molecule has 0 aliphatic heterocycles. The Labute approximate surface area is 111 Å². The van der Waals surface area contributed by atoms with Gasteiger partial charge in [0.25, 0.3) is 15.2 Å². The predicted octanol–water partition coefficient (Wildman–Crippen LogP) is 0.742. The van der Waals surface area contributed by atoms with E-state index in [0.717, 1.165) is 5.56 Å². The largest absolute Gasteiger partial charge is 0.291 e. The van der Waals surface area contributed by atoms with Crippen molar-refractivity contribution in [2.75, 3.05) is 0 Å². The number of hydrogen-bond acceptors (Lipinski definition) is 5. The third-order valence-corrected chi connectivity index (χ3v) is 3.27. The molecule has 0 saturated heterocycles. The molecule has 0 bridgehead atoms. The monoisotopic (exact) mass is 281 g/mol. The van der Waals surface area contributed by atoms with E-state index >= 15 is 0 Å². The molecule has 2 aromatic rings. The number of pyridine rings is 1. The highest BCUT2D eigenvalue weighted by Gasteiger charge is 2.29. The van der Waals surface area contributed by atoms with E-state index in [1.807, 2.05) is 20.8 Å². The topological polar surface area (TPSA) is 104 Å². The summed E-state index contributed by atoms with van der Waals surface area (Å²) in [6.45, 7) is 5.57. The standard InChI is InChI=1S/C11H15N5O2S/c1-11(2,3)16-9(8-4-6-13-7-5-8)14-15-10(16)19(12,17)18/h4-7H,1-3H3,(H2,12,17,18). The molecule has 0 amide bonds. The van der Waals surface area contributed by atoms with Gasteiger partial charge in [0.05, 0.1) is 0 Å². The van der Waals surface area contributed by atoms with Gasteiger partial charge in [0.15, 0.2) is 5.82 Å². The molecule has 0 saturated carbocycles. The van der Waals surface area contributed by atoms with Gasteiger partial charge in [0.2, 0.25) is 0 Å². The molecular formula is C11H15N5O2S. The molecule has 0 radical (unpaired) electrons. The molecule has 0 aliphatic carbocycles. The summed E-state index contributed by atoms with van der Waals surface area (Å²) in [6.07, 6.45) is 3.21. The van der Waals surface area contributed by atoms with Crippen molar-refractivity contribution < 1.29 is 8.42 Å². The van der Waals surface area contributed by atoms with Gasteiger partial charge in [-0.25, -0.2) is 13.6 Å². The van der Waals surface area contributed by atoms with Crippen LogP contribution in [0.15, 0.2) is 29.7 Å². The van der Waals surface area contributed by atoms with E-state index < -0.39 is 15.6 Å². The first kappa shape index (κ1) is 13.6. The van der Waals surface area contributed by atoms with E-state index in [1.165, 1.54) is 4.57 Å². The number of rotatable bonds is 2. The predicted molar refractivity (Wildman–Crippen MR) is 69.6 cm³/mol. The van der Waals surface area contributed by atoms with Gasteiger partial charge in [0, 0.05) is 23.5 Å². The summed E-state index contributed by atoms with van der Waals surface area (Å²) in [5, 5.41) is 12.6. The van der Waals surface area contributed by atoms with Crippen LogP contribution in [0.2, 0.25) is 0 Å². The van der Waals surface area contributed by atoms with E-state index in [-0.39, 0.29) is 5.16 Å². The van der Waals surface area contributed by atoms with E-state index in [1.54, 1.807) is 24.5 Å². The molecular weight excluding hydrogens is 266 g/mol. The number of primary sulfonamides is 1. The Balaban J connectivity index is 2.75. The second kappa shape index (κ2) is 4.39. The second-order valence-corrected chi connectivity index (χ2v) is 6.55. The van der Waals surface area contributed by atoms with Crippen molar-refractivity contribution >= 4 is 10.0 Å². The second-order valence-electron chi connectivity index (χ2n) is 5.09. The maximum absolute atomic E-state index is 11.6.